The molecule has 72 valence electrons. The summed E-state index contributed by atoms with van der Waals surface area (Å²) in [4.78, 5) is 0. The second-order valence-corrected chi connectivity index (χ2v) is 4.16. The first-order chi connectivity index (χ1) is 6.22. The van der Waals surface area contributed by atoms with E-state index in [1.165, 1.54) is 19.3 Å². The molecule has 1 N–H and O–H groups in total. The van der Waals surface area contributed by atoms with Crippen molar-refractivity contribution in [2.75, 3.05) is 6.54 Å². The lowest BCUT2D eigenvalue weighted by Gasteiger charge is -2.26. The maximum Gasteiger partial charge on any atom is 0.0310 e. The molecule has 0 aromatic carbocycles. The van der Waals surface area contributed by atoms with E-state index in [0.29, 0.717) is 23.5 Å². The third-order valence-electron chi connectivity index (χ3n) is 2.49. The van der Waals surface area contributed by atoms with Crippen LogP contribution in [0.25, 0.3) is 0 Å². The van der Waals surface area contributed by atoms with Crippen LogP contribution in [-0.2, 0) is 0 Å². The molecule has 1 aliphatic carbocycles. The fraction of sp³-hybridized carbons (Fsp3) is 0.636. The molecule has 1 saturated carbocycles. The van der Waals surface area contributed by atoms with Crippen LogP contribution in [-0.4, -0.2) is 12.6 Å². The van der Waals surface area contributed by atoms with Crippen LogP contribution in [0.2, 0.25) is 0 Å². The second kappa shape index (κ2) is 5.32. The Hall–Kier alpha value is -0.450. The van der Waals surface area contributed by atoms with Crippen molar-refractivity contribution in [1.82, 2.24) is 5.32 Å². The van der Waals surface area contributed by atoms with Crippen LogP contribution < -0.4 is 5.32 Å². The zero-order chi connectivity index (χ0) is 9.68. The van der Waals surface area contributed by atoms with E-state index < -0.39 is 0 Å². The Morgan fingerprint density at radius 1 is 1.62 bits per heavy atom. The van der Waals surface area contributed by atoms with Gasteiger partial charge in [0.1, 0.15) is 0 Å². The Morgan fingerprint density at radius 2 is 2.38 bits per heavy atom. The molecular weight excluding hydrogens is 182 g/mol. The van der Waals surface area contributed by atoms with Gasteiger partial charge in [-0.25, -0.2) is 0 Å². The van der Waals surface area contributed by atoms with E-state index in [4.69, 9.17) is 18.0 Å². The van der Waals surface area contributed by atoms with E-state index in [0.717, 1.165) is 6.42 Å². The predicted octanol–water partition coefficient (Wildman–Crippen LogP) is 2.52. The van der Waals surface area contributed by atoms with Crippen LogP contribution >= 0.6 is 11.6 Å². The molecule has 0 aromatic rings. The lowest BCUT2D eigenvalue weighted by atomic mass is 9.86. The molecule has 1 nitrogen and oxygen atoms in total. The van der Waals surface area contributed by atoms with E-state index in [-0.39, 0.29) is 0 Å². The van der Waals surface area contributed by atoms with Gasteiger partial charge in [0.2, 0.25) is 0 Å². The molecule has 0 aliphatic heterocycles. The molecule has 0 amide bonds. The summed E-state index contributed by atoms with van der Waals surface area (Å²) in [5.74, 6) is 3.28. The van der Waals surface area contributed by atoms with Gasteiger partial charge in [-0.15, -0.1) is 12.3 Å². The van der Waals surface area contributed by atoms with Gasteiger partial charge in [-0.3, -0.25) is 0 Å². The maximum atomic E-state index is 5.67. The molecule has 1 aliphatic rings. The third-order valence-corrected chi connectivity index (χ3v) is 2.63. The van der Waals surface area contributed by atoms with E-state index in [1.54, 1.807) is 0 Å². The van der Waals surface area contributed by atoms with Crippen molar-refractivity contribution in [2.24, 2.45) is 5.92 Å². The van der Waals surface area contributed by atoms with E-state index >= 15 is 0 Å². The van der Waals surface area contributed by atoms with Crippen molar-refractivity contribution in [3.8, 4) is 12.3 Å². The van der Waals surface area contributed by atoms with Crippen molar-refractivity contribution >= 4 is 11.6 Å². The normalized spacial score (nSPS) is 28.0. The third kappa shape index (κ3) is 3.85. The lowest BCUT2D eigenvalue weighted by Crippen LogP contribution is -2.34. The van der Waals surface area contributed by atoms with Gasteiger partial charge < -0.3 is 5.32 Å². The summed E-state index contributed by atoms with van der Waals surface area (Å²) in [6.45, 7) is 4.34. The van der Waals surface area contributed by atoms with E-state index in [2.05, 4.69) is 17.8 Å². The Balaban J connectivity index is 2.27. The van der Waals surface area contributed by atoms with Crippen LogP contribution in [0.3, 0.4) is 0 Å². The zero-order valence-corrected chi connectivity index (χ0v) is 8.61. The lowest BCUT2D eigenvalue weighted by molar-refractivity contribution is 0.337. The minimum absolute atomic E-state index is 0.454. The molecule has 2 unspecified atom stereocenters. The molecule has 0 aromatic heterocycles. The zero-order valence-electron chi connectivity index (χ0n) is 7.85. The molecule has 2 atom stereocenters. The van der Waals surface area contributed by atoms with Crippen LogP contribution in [0.1, 0.15) is 25.7 Å². The summed E-state index contributed by atoms with van der Waals surface area (Å²) in [7, 11) is 0. The fourth-order valence-electron chi connectivity index (χ4n) is 1.78. The predicted molar refractivity (Wildman–Crippen MR) is 57.6 cm³/mol. The van der Waals surface area contributed by atoms with Gasteiger partial charge in [-0.2, -0.15) is 0 Å². The van der Waals surface area contributed by atoms with Gasteiger partial charge >= 0.3 is 0 Å². The molecule has 0 spiro atoms. The highest BCUT2D eigenvalue weighted by Crippen LogP contribution is 2.23. The molecular formula is C11H16ClN. The Kier molecular flexibility index (Phi) is 4.35. The first-order valence-corrected chi connectivity index (χ1v) is 5.13. The van der Waals surface area contributed by atoms with Crippen LogP contribution in [0, 0.1) is 18.3 Å². The second-order valence-electron chi connectivity index (χ2n) is 3.63. The molecule has 0 heterocycles. The van der Waals surface area contributed by atoms with Crippen molar-refractivity contribution in [3.05, 3.63) is 11.6 Å². The summed E-state index contributed by atoms with van der Waals surface area (Å²) in [5.41, 5.74) is 0. The monoisotopic (exact) mass is 197 g/mol. The summed E-state index contributed by atoms with van der Waals surface area (Å²) in [6, 6.07) is 0.533. The van der Waals surface area contributed by atoms with Crippen molar-refractivity contribution in [1.29, 1.82) is 0 Å². The van der Waals surface area contributed by atoms with Crippen LogP contribution in [0.5, 0.6) is 0 Å². The van der Waals surface area contributed by atoms with Crippen LogP contribution in [0.15, 0.2) is 11.6 Å². The summed E-state index contributed by atoms with van der Waals surface area (Å²) < 4.78 is 0. The smallest absolute Gasteiger partial charge is 0.0310 e. The average Bonchev–Trinajstić information content (AvgIpc) is 2.15. The summed E-state index contributed by atoms with van der Waals surface area (Å²) in [6.07, 6.45) is 10.1. The SMILES string of the molecule is C#CC1CCCC(NCC(=C)Cl)C1. The van der Waals surface area contributed by atoms with Crippen molar-refractivity contribution in [3.63, 3.8) is 0 Å². The standard InChI is InChI=1S/C11H16ClN/c1-3-10-5-4-6-11(7-10)13-8-9(2)12/h1,10-11,13H,2,4-8H2. The number of hydrogen-bond acceptors (Lipinski definition) is 1. The molecule has 2 heteroatoms. The van der Waals surface area contributed by atoms with Crippen molar-refractivity contribution < 1.29 is 0 Å². The minimum atomic E-state index is 0.454. The largest absolute Gasteiger partial charge is 0.309 e. The molecule has 1 rings (SSSR count). The van der Waals surface area contributed by atoms with E-state index in [9.17, 15) is 0 Å². The maximum absolute atomic E-state index is 5.67. The topological polar surface area (TPSA) is 12.0 Å². The first-order valence-electron chi connectivity index (χ1n) is 4.75. The molecule has 1 fully saturated rings. The van der Waals surface area contributed by atoms with Gasteiger partial charge in [-0.05, 0) is 19.3 Å². The van der Waals surface area contributed by atoms with Gasteiger partial charge in [-0.1, -0.05) is 24.6 Å². The van der Waals surface area contributed by atoms with E-state index in [1.807, 2.05) is 0 Å². The molecule has 13 heavy (non-hydrogen) atoms. The molecule has 0 saturated heterocycles. The highest BCUT2D eigenvalue weighted by molar-refractivity contribution is 6.29. The highest BCUT2D eigenvalue weighted by atomic mass is 35.5. The van der Waals surface area contributed by atoms with Gasteiger partial charge in [0.15, 0.2) is 0 Å². The van der Waals surface area contributed by atoms with Crippen LogP contribution in [0.4, 0.5) is 0 Å². The quantitative estimate of drug-likeness (QED) is 0.686. The number of halogens is 1. The fourth-order valence-corrected chi connectivity index (χ4v) is 1.86. The average molecular weight is 198 g/mol. The Morgan fingerprint density at radius 3 is 3.00 bits per heavy atom. The summed E-state index contributed by atoms with van der Waals surface area (Å²) in [5, 5.41) is 4.03. The first kappa shape index (κ1) is 10.6. The van der Waals surface area contributed by atoms with Gasteiger partial charge in [0.05, 0.1) is 0 Å². The summed E-state index contributed by atoms with van der Waals surface area (Å²) >= 11 is 5.67. The Labute approximate surface area is 85.5 Å². The number of rotatable bonds is 3. The minimum Gasteiger partial charge on any atom is -0.309 e. The van der Waals surface area contributed by atoms with Crippen molar-refractivity contribution in [2.45, 2.75) is 31.7 Å². The number of nitrogens with one attached hydrogen (secondary N) is 1. The molecule has 0 radical (unpaired) electrons. The number of terminal acetylenes is 1. The van der Waals surface area contributed by atoms with Gasteiger partial charge in [0, 0.05) is 23.5 Å². The van der Waals surface area contributed by atoms with Gasteiger partial charge in [0.25, 0.3) is 0 Å². The Bertz CT molecular complexity index is 217. The highest BCUT2D eigenvalue weighted by Gasteiger charge is 2.19. The number of hydrogen-bond donors (Lipinski definition) is 1. The molecule has 0 bridgehead atoms.